The van der Waals surface area contributed by atoms with Crippen LogP contribution in [0.4, 0.5) is 10.1 Å². The Bertz CT molecular complexity index is 1410. The van der Waals surface area contributed by atoms with Crippen molar-refractivity contribution in [1.29, 1.82) is 0 Å². The van der Waals surface area contributed by atoms with E-state index in [1.54, 1.807) is 35.4 Å². The van der Waals surface area contributed by atoms with Crippen LogP contribution in [0.1, 0.15) is 5.56 Å². The number of anilines is 1. The number of hydrogen-bond acceptors (Lipinski definition) is 6. The van der Waals surface area contributed by atoms with Crippen molar-refractivity contribution in [3.05, 3.63) is 88.6 Å². The van der Waals surface area contributed by atoms with Crippen LogP contribution in [0.3, 0.4) is 0 Å². The van der Waals surface area contributed by atoms with Crippen molar-refractivity contribution < 1.29 is 13.7 Å². The second-order valence-electron chi connectivity index (χ2n) is 8.44. The highest BCUT2D eigenvalue weighted by Gasteiger charge is 2.23. The van der Waals surface area contributed by atoms with Crippen molar-refractivity contribution in [2.75, 3.05) is 31.1 Å². The Morgan fingerprint density at radius 3 is 2.43 bits per heavy atom. The Kier molecular flexibility index (Phi) is 6.13. The van der Waals surface area contributed by atoms with Gasteiger partial charge in [0.05, 0.1) is 0 Å². The molecule has 0 bridgehead atoms. The number of carbonyl (C=O) groups is 1. The summed E-state index contributed by atoms with van der Waals surface area (Å²) in [7, 11) is 0. The number of halogens is 1. The third-order valence-corrected chi connectivity index (χ3v) is 6.19. The molecule has 1 saturated heterocycles. The van der Waals surface area contributed by atoms with E-state index in [-0.39, 0.29) is 35.3 Å². The minimum absolute atomic E-state index is 0.0813. The van der Waals surface area contributed by atoms with Gasteiger partial charge in [-0.15, -0.1) is 0 Å². The predicted octanol–water partition coefficient (Wildman–Crippen LogP) is 3.36. The molecule has 1 amide bonds. The second-order valence-corrected chi connectivity index (χ2v) is 8.44. The topological polar surface area (TPSA) is 84.5 Å². The maximum Gasteiger partial charge on any atom is 0.263 e. The molecule has 9 heteroatoms. The van der Waals surface area contributed by atoms with Crippen LogP contribution in [0.15, 0.2) is 76.2 Å². The third-order valence-electron chi connectivity index (χ3n) is 6.19. The monoisotopic (exact) mass is 473 g/mol. The molecule has 0 atom stereocenters. The highest BCUT2D eigenvalue weighted by molar-refractivity contribution is 5.76. The van der Waals surface area contributed by atoms with E-state index in [1.807, 2.05) is 31.2 Å². The van der Waals surface area contributed by atoms with Crippen LogP contribution in [0.2, 0.25) is 0 Å². The molecular weight excluding hydrogens is 449 g/mol. The highest BCUT2D eigenvalue weighted by atomic mass is 19.1. The van der Waals surface area contributed by atoms with Gasteiger partial charge in [-0.05, 0) is 48.9 Å². The molecule has 0 unspecified atom stereocenters. The van der Waals surface area contributed by atoms with Crippen LogP contribution in [0.5, 0.6) is 0 Å². The fourth-order valence-electron chi connectivity index (χ4n) is 4.20. The lowest BCUT2D eigenvalue weighted by molar-refractivity contribution is -0.132. The average molecular weight is 474 g/mol. The largest absolute Gasteiger partial charge is 0.368 e. The molecule has 0 spiro atoms. The Balaban J connectivity index is 1.27. The predicted molar refractivity (Wildman–Crippen MR) is 129 cm³/mol. The molecule has 8 nitrogen and oxygen atoms in total. The number of benzene rings is 2. The lowest BCUT2D eigenvalue weighted by Crippen LogP contribution is -2.50. The van der Waals surface area contributed by atoms with Gasteiger partial charge in [-0.1, -0.05) is 29.4 Å². The highest BCUT2D eigenvalue weighted by Crippen LogP contribution is 2.23. The fraction of sp³-hybridized carbons (Fsp3) is 0.231. The van der Waals surface area contributed by atoms with Gasteiger partial charge >= 0.3 is 0 Å². The molecule has 1 aliphatic rings. The molecule has 5 rings (SSSR count). The van der Waals surface area contributed by atoms with E-state index in [9.17, 15) is 14.0 Å². The number of carbonyl (C=O) groups excluding carboxylic acids is 1. The van der Waals surface area contributed by atoms with E-state index < -0.39 is 0 Å². The van der Waals surface area contributed by atoms with Crippen molar-refractivity contribution in [3.63, 3.8) is 0 Å². The van der Waals surface area contributed by atoms with Crippen LogP contribution >= 0.6 is 0 Å². The Hall–Kier alpha value is -4.27. The van der Waals surface area contributed by atoms with Gasteiger partial charge in [0.1, 0.15) is 17.9 Å². The summed E-state index contributed by atoms with van der Waals surface area (Å²) in [6.45, 7) is 4.18. The molecule has 178 valence electrons. The Morgan fingerprint density at radius 2 is 1.69 bits per heavy atom. The number of rotatable bonds is 5. The molecule has 0 saturated carbocycles. The fourth-order valence-corrected chi connectivity index (χ4v) is 4.20. The summed E-state index contributed by atoms with van der Waals surface area (Å²) in [5.74, 6) is 0.0993. The molecule has 4 aromatic rings. The van der Waals surface area contributed by atoms with Crippen molar-refractivity contribution in [2.24, 2.45) is 0 Å². The summed E-state index contributed by atoms with van der Waals surface area (Å²) in [6.07, 6.45) is 1.58. The standard InChI is InChI=1S/C26H24FN5O3/c1-18-5-2-3-6-21(18)24-28-25(35-29-24)22-7-4-12-32(26(22)34)17-23(33)31-15-13-30(14-16-31)20-10-8-19(27)9-11-20/h2-12H,13-17H2,1H3. The zero-order valence-electron chi connectivity index (χ0n) is 19.2. The number of piperazine rings is 1. The molecule has 3 heterocycles. The number of nitrogens with zero attached hydrogens (tertiary/aromatic N) is 5. The normalized spacial score (nSPS) is 13.8. The average Bonchev–Trinajstić information content (AvgIpc) is 3.36. The maximum absolute atomic E-state index is 13.2. The molecule has 0 N–H and O–H groups in total. The van der Waals surface area contributed by atoms with Gasteiger partial charge < -0.3 is 18.9 Å². The number of pyridine rings is 1. The summed E-state index contributed by atoms with van der Waals surface area (Å²) >= 11 is 0. The van der Waals surface area contributed by atoms with E-state index in [4.69, 9.17) is 4.52 Å². The van der Waals surface area contributed by atoms with Crippen LogP contribution in [0, 0.1) is 12.7 Å². The van der Waals surface area contributed by atoms with E-state index in [1.165, 1.54) is 16.7 Å². The van der Waals surface area contributed by atoms with Crippen LogP contribution in [0.25, 0.3) is 22.8 Å². The van der Waals surface area contributed by atoms with Crippen LogP contribution in [-0.4, -0.2) is 51.7 Å². The van der Waals surface area contributed by atoms with Gasteiger partial charge in [-0.2, -0.15) is 4.98 Å². The summed E-state index contributed by atoms with van der Waals surface area (Å²) < 4.78 is 19.9. The zero-order chi connectivity index (χ0) is 24.4. The van der Waals surface area contributed by atoms with E-state index in [2.05, 4.69) is 15.0 Å². The van der Waals surface area contributed by atoms with E-state index >= 15 is 0 Å². The van der Waals surface area contributed by atoms with Crippen molar-refractivity contribution in [1.82, 2.24) is 19.6 Å². The van der Waals surface area contributed by atoms with E-state index in [0.29, 0.717) is 32.0 Å². The lowest BCUT2D eigenvalue weighted by Gasteiger charge is -2.36. The molecule has 0 aliphatic carbocycles. The number of hydrogen-bond donors (Lipinski definition) is 0. The van der Waals surface area contributed by atoms with Gasteiger partial charge in [0.15, 0.2) is 0 Å². The van der Waals surface area contributed by atoms with Gasteiger partial charge in [-0.3, -0.25) is 9.59 Å². The summed E-state index contributed by atoms with van der Waals surface area (Å²) in [5.41, 5.74) is 2.62. The number of aryl methyl sites for hydroxylation is 1. The van der Waals surface area contributed by atoms with Gasteiger partial charge in [-0.25, -0.2) is 4.39 Å². The molecule has 1 aliphatic heterocycles. The van der Waals surface area contributed by atoms with Crippen LogP contribution in [-0.2, 0) is 11.3 Å². The molecule has 0 radical (unpaired) electrons. The quantitative estimate of drug-likeness (QED) is 0.442. The lowest BCUT2D eigenvalue weighted by atomic mass is 10.1. The van der Waals surface area contributed by atoms with Gasteiger partial charge in [0.25, 0.3) is 11.4 Å². The zero-order valence-corrected chi connectivity index (χ0v) is 19.2. The van der Waals surface area contributed by atoms with Gasteiger partial charge in [0, 0.05) is 43.6 Å². The summed E-state index contributed by atoms with van der Waals surface area (Å²) in [5, 5.41) is 4.03. The SMILES string of the molecule is Cc1ccccc1-c1noc(-c2cccn(CC(=O)N3CCN(c4ccc(F)cc4)CC3)c2=O)n1. The smallest absolute Gasteiger partial charge is 0.263 e. The van der Waals surface area contributed by atoms with Gasteiger partial charge in [0.2, 0.25) is 11.7 Å². The number of aromatic nitrogens is 3. The minimum atomic E-state index is -0.370. The third kappa shape index (κ3) is 4.70. The molecular formula is C26H24FN5O3. The molecule has 2 aromatic heterocycles. The first-order valence-corrected chi connectivity index (χ1v) is 11.4. The first kappa shape index (κ1) is 22.5. The first-order chi connectivity index (χ1) is 17.0. The molecule has 2 aromatic carbocycles. The first-order valence-electron chi connectivity index (χ1n) is 11.4. The van der Waals surface area contributed by atoms with Crippen molar-refractivity contribution >= 4 is 11.6 Å². The Labute approximate surface area is 201 Å². The van der Waals surface area contributed by atoms with Crippen molar-refractivity contribution in [2.45, 2.75) is 13.5 Å². The number of amides is 1. The second kappa shape index (κ2) is 9.54. The van der Waals surface area contributed by atoms with Crippen molar-refractivity contribution in [3.8, 4) is 22.8 Å². The molecule has 1 fully saturated rings. The summed E-state index contributed by atoms with van der Waals surface area (Å²) in [4.78, 5) is 34.3. The maximum atomic E-state index is 13.2. The Morgan fingerprint density at radius 1 is 0.971 bits per heavy atom. The minimum Gasteiger partial charge on any atom is -0.368 e. The summed E-state index contributed by atoms with van der Waals surface area (Å²) in [6, 6.07) is 17.3. The van der Waals surface area contributed by atoms with E-state index in [0.717, 1.165) is 16.8 Å². The van der Waals surface area contributed by atoms with Crippen LogP contribution < -0.4 is 10.5 Å². The molecule has 35 heavy (non-hydrogen) atoms.